The fraction of sp³-hybridized carbons (Fsp3) is 0.0435. The smallest absolute Gasteiger partial charge is 0.321 e. The summed E-state index contributed by atoms with van der Waals surface area (Å²) in [7, 11) is 0. The summed E-state index contributed by atoms with van der Waals surface area (Å²) in [5.74, 6) is 0.509. The summed E-state index contributed by atoms with van der Waals surface area (Å²) in [6.45, 7) is 0. The first kappa shape index (κ1) is 17.5. The number of amides is 2. The van der Waals surface area contributed by atoms with Crippen molar-refractivity contribution in [2.24, 2.45) is 4.99 Å². The molecule has 0 bridgehead atoms. The fourth-order valence-electron chi connectivity index (χ4n) is 3.68. The summed E-state index contributed by atoms with van der Waals surface area (Å²) in [4.78, 5) is 17.3. The van der Waals surface area contributed by atoms with Gasteiger partial charge in [0.2, 0.25) is 0 Å². The van der Waals surface area contributed by atoms with Crippen molar-refractivity contribution in [2.75, 3.05) is 5.32 Å². The highest BCUT2D eigenvalue weighted by molar-refractivity contribution is 6.31. The minimum absolute atomic E-state index is 0.316. The Labute approximate surface area is 173 Å². The maximum Gasteiger partial charge on any atom is 0.321 e. The average molecular weight is 401 g/mol. The topological polar surface area (TPSA) is 65.5 Å². The zero-order valence-corrected chi connectivity index (χ0v) is 16.1. The second-order valence-corrected chi connectivity index (χ2v) is 7.22. The number of para-hydroxylation sites is 2. The molecule has 0 saturated carbocycles. The summed E-state index contributed by atoms with van der Waals surface area (Å²) in [6.07, 6.45) is 0. The minimum Gasteiger partial charge on any atom is -0.353 e. The number of halogens is 1. The molecule has 0 spiro atoms. The van der Waals surface area contributed by atoms with Crippen LogP contribution in [0.2, 0.25) is 5.02 Å². The Hall–Kier alpha value is -3.57. The number of rotatable bonds is 2. The number of amidine groups is 1. The first-order chi connectivity index (χ1) is 14.2. The van der Waals surface area contributed by atoms with Crippen LogP contribution in [0.15, 0.2) is 89.4 Å². The Bertz CT molecular complexity index is 1170. The van der Waals surface area contributed by atoms with Gasteiger partial charge in [-0.05, 0) is 29.3 Å². The number of anilines is 1. The largest absolute Gasteiger partial charge is 0.353 e. The molecule has 2 aliphatic heterocycles. The third-order valence-corrected chi connectivity index (χ3v) is 5.34. The monoisotopic (exact) mass is 400 g/mol. The lowest BCUT2D eigenvalue weighted by Crippen LogP contribution is -2.50. The maximum atomic E-state index is 12.5. The quantitative estimate of drug-likeness (QED) is 0.549. The zero-order chi connectivity index (χ0) is 19.8. The van der Waals surface area contributed by atoms with E-state index in [4.69, 9.17) is 16.6 Å². The standard InChI is InChI=1S/C23H17ClN4O/c24-16-11-5-4-10-15(16)21-19-20(14-8-2-1-3-9-14)25-17-12-6-7-13-18(17)26-22(19)28-23(29)27-21/h1-13,21,25H,(H2,26,27,28,29)/t21-/m0/s1. The molecule has 1 saturated heterocycles. The van der Waals surface area contributed by atoms with Crippen molar-refractivity contribution >= 4 is 40.5 Å². The molecule has 5 rings (SSSR count). The number of carbonyl (C=O) groups excluding carboxylic acids is 1. The molecule has 0 unspecified atom stereocenters. The normalized spacial score (nSPS) is 17.8. The number of nitrogens with zero attached hydrogens (tertiary/aromatic N) is 1. The van der Waals surface area contributed by atoms with Crippen LogP contribution in [0, 0.1) is 0 Å². The molecule has 0 aromatic heterocycles. The van der Waals surface area contributed by atoms with Crippen molar-refractivity contribution in [3.63, 3.8) is 0 Å². The van der Waals surface area contributed by atoms with Crippen LogP contribution >= 0.6 is 11.6 Å². The van der Waals surface area contributed by atoms with E-state index in [1.165, 1.54) is 0 Å². The number of hydrogen-bond donors (Lipinski definition) is 3. The number of hydrogen-bond acceptors (Lipinski definition) is 3. The number of aliphatic imine (C=N–C) groups is 1. The molecule has 0 radical (unpaired) electrons. The second kappa shape index (κ2) is 7.11. The highest BCUT2D eigenvalue weighted by atomic mass is 35.5. The van der Waals surface area contributed by atoms with Crippen LogP contribution in [-0.4, -0.2) is 11.9 Å². The molecule has 3 N–H and O–H groups in total. The number of benzene rings is 3. The van der Waals surface area contributed by atoms with E-state index in [-0.39, 0.29) is 6.03 Å². The van der Waals surface area contributed by atoms with Gasteiger partial charge in [0.25, 0.3) is 0 Å². The summed E-state index contributed by atoms with van der Waals surface area (Å²) in [5.41, 5.74) is 5.13. The molecule has 1 atom stereocenters. The third-order valence-electron chi connectivity index (χ3n) is 5.00. The lowest BCUT2D eigenvalue weighted by atomic mass is 9.92. The van der Waals surface area contributed by atoms with Gasteiger partial charge in [0.05, 0.1) is 23.1 Å². The summed E-state index contributed by atoms with van der Waals surface area (Å²) in [6, 6.07) is 24.5. The summed E-state index contributed by atoms with van der Waals surface area (Å²) in [5, 5.41) is 10.0. The lowest BCUT2D eigenvalue weighted by Gasteiger charge is -2.31. The highest BCUT2D eigenvalue weighted by Crippen LogP contribution is 2.40. The van der Waals surface area contributed by atoms with Crippen molar-refractivity contribution in [3.8, 4) is 0 Å². The van der Waals surface area contributed by atoms with Gasteiger partial charge in [-0.1, -0.05) is 72.3 Å². The van der Waals surface area contributed by atoms with Gasteiger partial charge in [-0.3, -0.25) is 5.32 Å². The predicted molar refractivity (Wildman–Crippen MR) is 116 cm³/mol. The third kappa shape index (κ3) is 3.15. The molecule has 5 nitrogen and oxygen atoms in total. The first-order valence-corrected chi connectivity index (χ1v) is 9.65. The Morgan fingerprint density at radius 1 is 0.828 bits per heavy atom. The van der Waals surface area contributed by atoms with E-state index in [1.807, 2.05) is 78.9 Å². The van der Waals surface area contributed by atoms with Crippen molar-refractivity contribution in [2.45, 2.75) is 6.04 Å². The van der Waals surface area contributed by atoms with Gasteiger partial charge in [0, 0.05) is 10.6 Å². The van der Waals surface area contributed by atoms with Gasteiger partial charge in [-0.25, -0.2) is 9.79 Å². The van der Waals surface area contributed by atoms with Crippen LogP contribution in [-0.2, 0) is 0 Å². The highest BCUT2D eigenvalue weighted by Gasteiger charge is 2.35. The van der Waals surface area contributed by atoms with Gasteiger partial charge in [0.1, 0.15) is 5.84 Å². The molecule has 0 aliphatic carbocycles. The summed E-state index contributed by atoms with van der Waals surface area (Å²) < 4.78 is 0. The van der Waals surface area contributed by atoms with Crippen LogP contribution in [0.1, 0.15) is 17.2 Å². The van der Waals surface area contributed by atoms with Crippen molar-refractivity contribution in [1.29, 1.82) is 0 Å². The van der Waals surface area contributed by atoms with Gasteiger partial charge in [-0.2, -0.15) is 0 Å². The number of nitrogens with one attached hydrogen (secondary N) is 3. The molecular formula is C23H17ClN4O. The van der Waals surface area contributed by atoms with Crippen LogP contribution in [0.5, 0.6) is 0 Å². The van der Waals surface area contributed by atoms with Crippen LogP contribution in [0.3, 0.4) is 0 Å². The van der Waals surface area contributed by atoms with E-state index in [0.29, 0.717) is 10.9 Å². The average Bonchev–Trinajstić information content (AvgIpc) is 2.91. The Morgan fingerprint density at radius 2 is 1.55 bits per heavy atom. The molecule has 3 aromatic rings. The number of carbonyl (C=O) groups is 1. The van der Waals surface area contributed by atoms with Crippen LogP contribution in [0.4, 0.5) is 16.2 Å². The van der Waals surface area contributed by atoms with Crippen LogP contribution < -0.4 is 16.0 Å². The molecule has 2 aliphatic rings. The van der Waals surface area contributed by atoms with Gasteiger partial charge >= 0.3 is 6.03 Å². The molecule has 142 valence electrons. The molecule has 2 amide bonds. The van der Waals surface area contributed by atoms with Gasteiger partial charge < -0.3 is 10.6 Å². The van der Waals surface area contributed by atoms with Crippen molar-refractivity contribution < 1.29 is 4.79 Å². The predicted octanol–water partition coefficient (Wildman–Crippen LogP) is 5.26. The molecule has 29 heavy (non-hydrogen) atoms. The van der Waals surface area contributed by atoms with E-state index < -0.39 is 6.04 Å². The maximum absolute atomic E-state index is 12.5. The van der Waals surface area contributed by atoms with Crippen molar-refractivity contribution in [1.82, 2.24) is 10.6 Å². The molecule has 1 fully saturated rings. The van der Waals surface area contributed by atoms with E-state index in [1.54, 1.807) is 0 Å². The number of fused-ring (bicyclic) bond motifs is 2. The molecular weight excluding hydrogens is 384 g/mol. The van der Waals surface area contributed by atoms with Gasteiger partial charge in [0.15, 0.2) is 0 Å². The Kier molecular flexibility index (Phi) is 4.30. The lowest BCUT2D eigenvalue weighted by molar-refractivity contribution is 0.241. The van der Waals surface area contributed by atoms with E-state index >= 15 is 0 Å². The summed E-state index contributed by atoms with van der Waals surface area (Å²) >= 11 is 6.51. The SMILES string of the molecule is O=C1NC2=Nc3ccccc3NC(c3ccccc3)=C2[C@H](c2ccccc2Cl)N1. The Morgan fingerprint density at radius 3 is 2.38 bits per heavy atom. The molecule has 6 heteroatoms. The first-order valence-electron chi connectivity index (χ1n) is 9.27. The van der Waals surface area contributed by atoms with Gasteiger partial charge in [-0.15, -0.1) is 0 Å². The number of urea groups is 1. The fourth-order valence-corrected chi connectivity index (χ4v) is 3.92. The zero-order valence-electron chi connectivity index (χ0n) is 15.3. The molecule has 3 aromatic carbocycles. The Balaban J connectivity index is 1.80. The van der Waals surface area contributed by atoms with Crippen molar-refractivity contribution in [3.05, 3.63) is 101 Å². The molecule has 2 heterocycles. The minimum atomic E-state index is -0.451. The van der Waals surface area contributed by atoms with E-state index in [2.05, 4.69) is 16.0 Å². The second-order valence-electron chi connectivity index (χ2n) is 6.81. The van der Waals surface area contributed by atoms with Crippen LogP contribution in [0.25, 0.3) is 5.70 Å². The van der Waals surface area contributed by atoms with E-state index in [0.717, 1.165) is 33.8 Å². The van der Waals surface area contributed by atoms with E-state index in [9.17, 15) is 4.79 Å².